The van der Waals surface area contributed by atoms with E-state index in [9.17, 15) is 14.3 Å². The molecule has 1 aliphatic rings. The predicted molar refractivity (Wildman–Crippen MR) is 57.2 cm³/mol. The number of hydrogen-bond acceptors (Lipinski definition) is 7. The maximum atomic E-state index is 13.9. The molecular weight excluding hydrogens is 247 g/mol. The number of halogens is 1. The van der Waals surface area contributed by atoms with Crippen LogP contribution in [0.3, 0.4) is 0 Å². The van der Waals surface area contributed by atoms with Crippen LogP contribution in [0.15, 0.2) is 11.1 Å². The fraction of sp³-hybridized carbons (Fsp3) is 0.667. The van der Waals surface area contributed by atoms with Crippen molar-refractivity contribution in [2.75, 3.05) is 12.3 Å². The van der Waals surface area contributed by atoms with Crippen LogP contribution in [0.25, 0.3) is 0 Å². The van der Waals surface area contributed by atoms with E-state index in [1.54, 1.807) is 0 Å². The Morgan fingerprint density at radius 3 is 2.89 bits per heavy atom. The van der Waals surface area contributed by atoms with Gasteiger partial charge in [0.15, 0.2) is 12.4 Å². The summed E-state index contributed by atoms with van der Waals surface area (Å²) >= 11 is 0. The zero-order valence-electron chi connectivity index (χ0n) is 9.52. The number of alkyl halides is 1. The minimum Gasteiger partial charge on any atom is -0.393 e. The zero-order chi connectivity index (χ0) is 13.5. The number of hydrogen-bond donors (Lipinski definition) is 3. The molecule has 1 fully saturated rings. The Labute approximate surface area is 101 Å². The minimum atomic E-state index is -1.88. The van der Waals surface area contributed by atoms with Crippen LogP contribution in [-0.4, -0.2) is 49.2 Å². The number of rotatable bonds is 2. The normalized spacial score (nSPS) is 35.9. The van der Waals surface area contributed by atoms with Crippen LogP contribution in [-0.2, 0) is 4.74 Å². The molecule has 8 nitrogen and oxygen atoms in total. The highest BCUT2D eigenvalue weighted by molar-refractivity contribution is 5.10. The number of aliphatic hydroxyl groups excluding tert-OH is 2. The summed E-state index contributed by atoms with van der Waals surface area (Å²) in [4.78, 5) is 18.4. The lowest BCUT2D eigenvalue weighted by molar-refractivity contribution is -0.117. The van der Waals surface area contributed by atoms with Crippen LogP contribution < -0.4 is 11.4 Å². The lowest BCUT2D eigenvalue weighted by Crippen LogP contribution is -2.42. The Kier molecular flexibility index (Phi) is 3.05. The quantitative estimate of drug-likeness (QED) is 0.573. The minimum absolute atomic E-state index is 0.241. The van der Waals surface area contributed by atoms with Crippen molar-refractivity contribution in [3.8, 4) is 0 Å². The van der Waals surface area contributed by atoms with Gasteiger partial charge in [-0.1, -0.05) is 0 Å². The number of ether oxygens (including phenoxy) is 1. The van der Waals surface area contributed by atoms with Crippen molar-refractivity contribution in [2.45, 2.75) is 31.0 Å². The molecule has 2 rings (SSSR count). The van der Waals surface area contributed by atoms with Gasteiger partial charge in [-0.2, -0.15) is 4.98 Å². The molecule has 0 saturated carbocycles. The van der Waals surface area contributed by atoms with Crippen LogP contribution in [0.5, 0.6) is 0 Å². The third-order valence-corrected chi connectivity index (χ3v) is 2.92. The van der Waals surface area contributed by atoms with Crippen LogP contribution in [0, 0.1) is 0 Å². The first kappa shape index (κ1) is 12.9. The molecule has 0 amide bonds. The Balaban J connectivity index is 2.38. The Morgan fingerprint density at radius 1 is 1.72 bits per heavy atom. The van der Waals surface area contributed by atoms with Gasteiger partial charge in [-0.25, -0.2) is 14.2 Å². The molecule has 1 aromatic rings. The molecule has 2 heterocycles. The third-order valence-electron chi connectivity index (χ3n) is 2.92. The van der Waals surface area contributed by atoms with Crippen molar-refractivity contribution < 1.29 is 19.3 Å². The number of aliphatic hydroxyl groups is 2. The van der Waals surface area contributed by atoms with E-state index in [1.807, 2.05) is 0 Å². The molecule has 0 bridgehead atoms. The maximum absolute atomic E-state index is 13.9. The highest BCUT2D eigenvalue weighted by Gasteiger charge is 2.53. The van der Waals surface area contributed by atoms with E-state index < -0.39 is 36.4 Å². The van der Waals surface area contributed by atoms with Gasteiger partial charge in [-0.3, -0.25) is 4.57 Å². The van der Waals surface area contributed by atoms with Gasteiger partial charge in [-0.05, 0) is 6.92 Å². The molecule has 18 heavy (non-hydrogen) atoms. The third kappa shape index (κ3) is 1.85. The standard InChI is InChI=1S/C9H13FN4O4/c1-9(2-15)5(16)4(10)6(18-9)14-3-12-7(11)13-8(14)17/h3-6,15-16H,2H2,1H3,(H2,11,13,17)/t4-,5-,6+,9+/m0/s1. The monoisotopic (exact) mass is 260 g/mol. The second kappa shape index (κ2) is 4.26. The molecule has 100 valence electrons. The first-order valence-electron chi connectivity index (χ1n) is 5.20. The Morgan fingerprint density at radius 2 is 2.39 bits per heavy atom. The molecule has 9 heteroatoms. The van der Waals surface area contributed by atoms with Crippen LogP contribution in [0.1, 0.15) is 13.2 Å². The van der Waals surface area contributed by atoms with Gasteiger partial charge in [0.05, 0.1) is 6.61 Å². The number of aromatic nitrogens is 3. The van der Waals surface area contributed by atoms with Crippen molar-refractivity contribution >= 4 is 5.95 Å². The van der Waals surface area contributed by atoms with E-state index in [-0.39, 0.29) is 5.95 Å². The number of nitrogens with zero attached hydrogens (tertiary/aromatic N) is 3. The SMILES string of the molecule is C[C@]1(CO)O[C@@H](n2cnc(N)nc2=O)[C@@H](F)[C@@H]1O. The van der Waals surface area contributed by atoms with Gasteiger partial charge in [-0.15, -0.1) is 0 Å². The lowest BCUT2D eigenvalue weighted by Gasteiger charge is -2.24. The highest BCUT2D eigenvalue weighted by atomic mass is 19.1. The summed E-state index contributed by atoms with van der Waals surface area (Å²) in [6.07, 6.45) is -3.85. The average Bonchev–Trinajstić information content (AvgIpc) is 2.55. The molecule has 4 N–H and O–H groups in total. The summed E-state index contributed by atoms with van der Waals surface area (Å²) in [6.45, 7) is 0.753. The van der Waals surface area contributed by atoms with Crippen molar-refractivity contribution in [3.63, 3.8) is 0 Å². The molecule has 1 aliphatic heterocycles. The number of anilines is 1. The average molecular weight is 260 g/mol. The summed E-state index contributed by atoms with van der Waals surface area (Å²) < 4.78 is 19.9. The van der Waals surface area contributed by atoms with Gasteiger partial charge in [0, 0.05) is 0 Å². The van der Waals surface area contributed by atoms with Gasteiger partial charge in [0.25, 0.3) is 0 Å². The van der Waals surface area contributed by atoms with E-state index in [0.717, 1.165) is 10.9 Å². The van der Waals surface area contributed by atoms with Gasteiger partial charge in [0.2, 0.25) is 5.95 Å². The fourth-order valence-corrected chi connectivity index (χ4v) is 1.77. The summed E-state index contributed by atoms with van der Waals surface area (Å²) in [5.41, 5.74) is 2.88. The number of nitrogens with two attached hydrogens (primary N) is 1. The topological polar surface area (TPSA) is 123 Å². The van der Waals surface area contributed by atoms with Gasteiger partial charge in [0.1, 0.15) is 18.0 Å². The smallest absolute Gasteiger partial charge is 0.354 e. The van der Waals surface area contributed by atoms with E-state index >= 15 is 0 Å². The summed E-state index contributed by atoms with van der Waals surface area (Å²) in [5.74, 6) is -0.241. The first-order chi connectivity index (χ1) is 8.39. The molecule has 0 radical (unpaired) electrons. The highest BCUT2D eigenvalue weighted by Crippen LogP contribution is 2.37. The molecular formula is C9H13FN4O4. The molecule has 0 aromatic carbocycles. The van der Waals surface area contributed by atoms with Crippen molar-refractivity contribution in [1.82, 2.24) is 14.5 Å². The summed E-state index contributed by atoms with van der Waals surface area (Å²) in [5, 5.41) is 18.8. The molecule has 1 saturated heterocycles. The van der Waals surface area contributed by atoms with Crippen LogP contribution in [0.4, 0.5) is 10.3 Å². The van der Waals surface area contributed by atoms with E-state index in [4.69, 9.17) is 15.6 Å². The molecule has 4 atom stereocenters. The largest absolute Gasteiger partial charge is 0.393 e. The van der Waals surface area contributed by atoms with Gasteiger partial charge < -0.3 is 20.7 Å². The van der Waals surface area contributed by atoms with Gasteiger partial charge >= 0.3 is 5.69 Å². The predicted octanol–water partition coefficient (Wildman–Crippen LogP) is -1.80. The van der Waals surface area contributed by atoms with E-state index in [1.165, 1.54) is 6.92 Å². The Hall–Kier alpha value is -1.58. The van der Waals surface area contributed by atoms with Crippen molar-refractivity contribution in [1.29, 1.82) is 0 Å². The lowest BCUT2D eigenvalue weighted by atomic mass is 9.99. The molecule has 0 unspecified atom stereocenters. The van der Waals surface area contributed by atoms with Crippen molar-refractivity contribution in [3.05, 3.63) is 16.8 Å². The Bertz CT molecular complexity index is 510. The van der Waals surface area contributed by atoms with Crippen LogP contribution >= 0.6 is 0 Å². The summed E-state index contributed by atoms with van der Waals surface area (Å²) in [7, 11) is 0. The number of nitrogen functional groups attached to an aromatic ring is 1. The second-order valence-corrected chi connectivity index (χ2v) is 4.27. The summed E-state index contributed by atoms with van der Waals surface area (Å²) in [6, 6.07) is 0. The van der Waals surface area contributed by atoms with E-state index in [0.29, 0.717) is 0 Å². The molecule has 1 aromatic heterocycles. The molecule has 0 aliphatic carbocycles. The molecule has 0 spiro atoms. The maximum Gasteiger partial charge on any atom is 0.354 e. The first-order valence-corrected chi connectivity index (χ1v) is 5.20. The van der Waals surface area contributed by atoms with Crippen molar-refractivity contribution in [2.24, 2.45) is 0 Å². The van der Waals surface area contributed by atoms with Crippen LogP contribution in [0.2, 0.25) is 0 Å². The van der Waals surface area contributed by atoms with E-state index in [2.05, 4.69) is 9.97 Å². The fourth-order valence-electron chi connectivity index (χ4n) is 1.77. The second-order valence-electron chi connectivity index (χ2n) is 4.27. The zero-order valence-corrected chi connectivity index (χ0v) is 9.52.